The highest BCUT2D eigenvalue weighted by Crippen LogP contribution is 2.18. The molecule has 0 radical (unpaired) electrons. The summed E-state index contributed by atoms with van der Waals surface area (Å²) >= 11 is 0. The number of carbonyl (C=O) groups is 1. The monoisotopic (exact) mass is 312 g/mol. The molecule has 23 heavy (non-hydrogen) atoms. The fraction of sp³-hybridized carbons (Fsp3) is 0.353. The zero-order valence-electron chi connectivity index (χ0n) is 13.1. The Morgan fingerprint density at radius 1 is 1.22 bits per heavy atom. The zero-order valence-corrected chi connectivity index (χ0v) is 13.1. The van der Waals surface area contributed by atoms with E-state index in [4.69, 9.17) is 4.74 Å². The molecule has 1 fully saturated rings. The number of amides is 1. The lowest BCUT2D eigenvalue weighted by Crippen LogP contribution is -2.42. The van der Waals surface area contributed by atoms with Crippen molar-refractivity contribution in [2.75, 3.05) is 25.5 Å². The summed E-state index contributed by atoms with van der Waals surface area (Å²) in [6, 6.07) is 11.5. The number of nitrogens with zero attached hydrogens (tertiary/aromatic N) is 3. The minimum atomic E-state index is 0.104. The van der Waals surface area contributed by atoms with Crippen LogP contribution in [0.5, 0.6) is 5.88 Å². The first-order valence-corrected chi connectivity index (χ1v) is 7.73. The van der Waals surface area contributed by atoms with Gasteiger partial charge in [-0.15, -0.1) is 0 Å². The molecule has 1 saturated heterocycles. The first kappa shape index (κ1) is 15.3. The van der Waals surface area contributed by atoms with E-state index in [0.717, 1.165) is 37.3 Å². The molecule has 120 valence electrons. The number of rotatable bonds is 4. The van der Waals surface area contributed by atoms with Crippen LogP contribution in [-0.2, 0) is 0 Å². The highest BCUT2D eigenvalue weighted by molar-refractivity contribution is 5.94. The molecule has 0 aliphatic carbocycles. The Morgan fingerprint density at radius 2 is 1.96 bits per heavy atom. The number of hydrogen-bond donors (Lipinski definition) is 1. The zero-order chi connectivity index (χ0) is 16.1. The highest BCUT2D eigenvalue weighted by Gasteiger charge is 2.23. The van der Waals surface area contributed by atoms with Crippen LogP contribution in [0, 0.1) is 0 Å². The number of likely N-dealkylation sites (tertiary alicyclic amines) is 1. The van der Waals surface area contributed by atoms with E-state index in [0.29, 0.717) is 11.9 Å². The highest BCUT2D eigenvalue weighted by atomic mass is 16.5. The van der Waals surface area contributed by atoms with Gasteiger partial charge in [-0.1, -0.05) is 18.2 Å². The van der Waals surface area contributed by atoms with Gasteiger partial charge in [0.25, 0.3) is 5.91 Å². The predicted octanol–water partition coefficient (Wildman–Crippen LogP) is 2.20. The first-order chi connectivity index (χ1) is 11.3. The van der Waals surface area contributed by atoms with Gasteiger partial charge in [0.15, 0.2) is 0 Å². The second-order valence-electron chi connectivity index (χ2n) is 5.52. The van der Waals surface area contributed by atoms with Crippen LogP contribution < -0.4 is 10.1 Å². The Balaban J connectivity index is 1.55. The van der Waals surface area contributed by atoms with Crippen LogP contribution in [0.4, 0.5) is 5.82 Å². The van der Waals surface area contributed by atoms with Crippen LogP contribution in [0.15, 0.2) is 42.7 Å². The number of piperidine rings is 1. The Morgan fingerprint density at radius 3 is 2.65 bits per heavy atom. The fourth-order valence-corrected chi connectivity index (χ4v) is 2.73. The number of nitrogens with one attached hydrogen (secondary N) is 1. The summed E-state index contributed by atoms with van der Waals surface area (Å²) in [6.07, 6.45) is 3.27. The quantitative estimate of drug-likeness (QED) is 0.937. The van der Waals surface area contributed by atoms with Crippen molar-refractivity contribution < 1.29 is 9.53 Å². The molecule has 2 heterocycles. The molecule has 6 heteroatoms. The normalized spacial score (nSPS) is 15.3. The van der Waals surface area contributed by atoms with Crippen LogP contribution in [-0.4, -0.2) is 47.0 Å². The summed E-state index contributed by atoms with van der Waals surface area (Å²) in [4.78, 5) is 22.5. The van der Waals surface area contributed by atoms with Crippen molar-refractivity contribution in [1.82, 2.24) is 14.9 Å². The van der Waals surface area contributed by atoms with Gasteiger partial charge in [-0.2, -0.15) is 0 Å². The second kappa shape index (κ2) is 7.09. The summed E-state index contributed by atoms with van der Waals surface area (Å²) in [7, 11) is 1.58. The smallest absolute Gasteiger partial charge is 0.253 e. The van der Waals surface area contributed by atoms with Gasteiger partial charge in [-0.3, -0.25) is 4.79 Å². The number of hydrogen-bond acceptors (Lipinski definition) is 5. The molecule has 1 N–H and O–H groups in total. The molecule has 0 saturated carbocycles. The number of benzene rings is 1. The lowest BCUT2D eigenvalue weighted by atomic mass is 10.0. The lowest BCUT2D eigenvalue weighted by Gasteiger charge is -2.32. The van der Waals surface area contributed by atoms with Crippen molar-refractivity contribution in [1.29, 1.82) is 0 Å². The van der Waals surface area contributed by atoms with Gasteiger partial charge < -0.3 is 15.0 Å². The van der Waals surface area contributed by atoms with Crippen molar-refractivity contribution in [3.8, 4) is 5.88 Å². The maximum Gasteiger partial charge on any atom is 0.253 e. The average Bonchev–Trinajstić information content (AvgIpc) is 2.63. The van der Waals surface area contributed by atoms with Gasteiger partial charge in [0.05, 0.1) is 7.11 Å². The van der Waals surface area contributed by atoms with E-state index >= 15 is 0 Å². The summed E-state index contributed by atoms with van der Waals surface area (Å²) in [5.41, 5.74) is 0.749. The first-order valence-electron chi connectivity index (χ1n) is 7.73. The van der Waals surface area contributed by atoms with Gasteiger partial charge >= 0.3 is 0 Å². The molecule has 3 rings (SSSR count). The van der Waals surface area contributed by atoms with E-state index in [1.807, 2.05) is 35.2 Å². The van der Waals surface area contributed by atoms with Crippen molar-refractivity contribution in [3.05, 3.63) is 48.3 Å². The molecular weight excluding hydrogens is 292 g/mol. The van der Waals surface area contributed by atoms with E-state index < -0.39 is 0 Å². The van der Waals surface area contributed by atoms with E-state index in [1.165, 1.54) is 6.33 Å². The molecule has 1 aliphatic heterocycles. The SMILES string of the molecule is COc1cc(NC2CCN(C(=O)c3ccccc3)CC2)ncn1. The lowest BCUT2D eigenvalue weighted by molar-refractivity contribution is 0.0718. The average molecular weight is 312 g/mol. The van der Waals surface area contributed by atoms with Crippen LogP contribution >= 0.6 is 0 Å². The number of ether oxygens (including phenoxy) is 1. The van der Waals surface area contributed by atoms with Crippen molar-refractivity contribution in [2.45, 2.75) is 18.9 Å². The van der Waals surface area contributed by atoms with E-state index in [1.54, 1.807) is 13.2 Å². The largest absolute Gasteiger partial charge is 0.481 e. The third-order valence-corrected chi connectivity index (χ3v) is 4.01. The van der Waals surface area contributed by atoms with Gasteiger partial charge in [-0.05, 0) is 25.0 Å². The maximum absolute atomic E-state index is 12.4. The minimum Gasteiger partial charge on any atom is -0.481 e. The molecule has 0 bridgehead atoms. The second-order valence-corrected chi connectivity index (χ2v) is 5.52. The number of anilines is 1. The molecule has 0 unspecified atom stereocenters. The molecular formula is C17H20N4O2. The van der Waals surface area contributed by atoms with Crippen LogP contribution in [0.25, 0.3) is 0 Å². The van der Waals surface area contributed by atoms with Gasteiger partial charge in [0, 0.05) is 30.8 Å². The summed E-state index contributed by atoms with van der Waals surface area (Å²) in [6.45, 7) is 1.49. The predicted molar refractivity (Wildman–Crippen MR) is 87.6 cm³/mol. The third kappa shape index (κ3) is 3.77. The minimum absolute atomic E-state index is 0.104. The summed E-state index contributed by atoms with van der Waals surface area (Å²) in [5, 5.41) is 3.39. The number of aromatic nitrogens is 2. The molecule has 1 aromatic heterocycles. The van der Waals surface area contributed by atoms with Crippen LogP contribution in [0.2, 0.25) is 0 Å². The Labute approximate surface area is 135 Å². The van der Waals surface area contributed by atoms with Gasteiger partial charge in [-0.25, -0.2) is 9.97 Å². The molecule has 2 aromatic rings. The topological polar surface area (TPSA) is 67.3 Å². The standard InChI is InChI=1S/C17H20N4O2/c1-23-16-11-15(18-12-19-16)20-14-7-9-21(10-8-14)17(22)13-5-3-2-4-6-13/h2-6,11-12,14H,7-10H2,1H3,(H,18,19,20). The molecule has 0 atom stereocenters. The Hall–Kier alpha value is -2.63. The van der Waals surface area contributed by atoms with E-state index in [2.05, 4.69) is 15.3 Å². The summed E-state index contributed by atoms with van der Waals surface area (Å²) in [5.74, 6) is 1.40. The Kier molecular flexibility index (Phi) is 4.71. The molecule has 1 aliphatic rings. The summed E-state index contributed by atoms with van der Waals surface area (Å²) < 4.78 is 5.10. The number of carbonyl (C=O) groups excluding carboxylic acids is 1. The molecule has 6 nitrogen and oxygen atoms in total. The van der Waals surface area contributed by atoms with Crippen LogP contribution in [0.1, 0.15) is 23.2 Å². The van der Waals surface area contributed by atoms with Gasteiger partial charge in [0.2, 0.25) is 5.88 Å². The van der Waals surface area contributed by atoms with Crippen molar-refractivity contribution in [2.24, 2.45) is 0 Å². The molecule has 0 spiro atoms. The van der Waals surface area contributed by atoms with Crippen LogP contribution in [0.3, 0.4) is 0 Å². The van der Waals surface area contributed by atoms with E-state index in [-0.39, 0.29) is 5.91 Å². The van der Waals surface area contributed by atoms with Gasteiger partial charge in [0.1, 0.15) is 12.1 Å². The maximum atomic E-state index is 12.4. The van der Waals surface area contributed by atoms with Crippen molar-refractivity contribution >= 4 is 11.7 Å². The van der Waals surface area contributed by atoms with Crippen molar-refractivity contribution in [3.63, 3.8) is 0 Å². The molecule has 1 aromatic carbocycles. The molecule has 1 amide bonds. The fourth-order valence-electron chi connectivity index (χ4n) is 2.73. The third-order valence-electron chi connectivity index (χ3n) is 4.01. The number of methoxy groups -OCH3 is 1. The Bertz CT molecular complexity index is 655. The van der Waals surface area contributed by atoms with E-state index in [9.17, 15) is 4.79 Å².